The fourth-order valence-electron chi connectivity index (χ4n) is 3.26. The van der Waals surface area contributed by atoms with Crippen molar-refractivity contribution in [3.63, 3.8) is 0 Å². The number of pyridine rings is 1. The normalized spacial score (nSPS) is 11.5. The minimum absolute atomic E-state index is 0.139. The molecule has 0 spiro atoms. The van der Waals surface area contributed by atoms with Gasteiger partial charge in [-0.2, -0.15) is 0 Å². The molecule has 4 rings (SSSR count). The van der Waals surface area contributed by atoms with Gasteiger partial charge in [0.25, 0.3) is 5.91 Å². The number of amides is 2. The smallest absolute Gasteiger partial charge is 0.252 e. The first-order valence-electron chi connectivity index (χ1n) is 10.4. The van der Waals surface area contributed by atoms with Crippen LogP contribution in [0.4, 0.5) is 5.69 Å². The average molecular weight is 458 g/mol. The van der Waals surface area contributed by atoms with Crippen LogP contribution in [-0.2, 0) is 11.8 Å². The lowest BCUT2D eigenvalue weighted by Crippen LogP contribution is -2.29. The van der Waals surface area contributed by atoms with Crippen LogP contribution in [0, 0.1) is 0 Å². The first-order chi connectivity index (χ1) is 16.1. The second kappa shape index (κ2) is 10.6. The number of aryl methyl sites for hydroxylation is 1. The number of benzene rings is 2. The first kappa shape index (κ1) is 22.3. The minimum atomic E-state index is -0.373. The number of imidazole rings is 1. The number of hydrogen-bond donors (Lipinski definition) is 2. The number of thioether (sulfide) groups is 1. The first-order valence-corrected chi connectivity index (χ1v) is 11.4. The third-order valence-corrected chi connectivity index (χ3v) is 5.99. The highest BCUT2D eigenvalue weighted by molar-refractivity contribution is 7.99. The number of anilines is 1. The molecule has 0 aliphatic carbocycles. The molecule has 2 amide bonds. The molecule has 0 fully saturated rings. The van der Waals surface area contributed by atoms with E-state index in [4.69, 9.17) is 0 Å². The largest absolute Gasteiger partial charge is 0.340 e. The van der Waals surface area contributed by atoms with Gasteiger partial charge >= 0.3 is 0 Å². The Morgan fingerprint density at radius 1 is 0.939 bits per heavy atom. The van der Waals surface area contributed by atoms with Gasteiger partial charge in [-0.25, -0.2) is 4.98 Å². The maximum atomic E-state index is 13.0. The molecule has 8 heteroatoms. The van der Waals surface area contributed by atoms with Crippen molar-refractivity contribution >= 4 is 29.3 Å². The van der Waals surface area contributed by atoms with Crippen LogP contribution in [0.5, 0.6) is 0 Å². The lowest BCUT2D eigenvalue weighted by molar-refractivity contribution is -0.113. The van der Waals surface area contributed by atoms with Crippen molar-refractivity contribution < 1.29 is 9.59 Å². The number of nitrogens with one attached hydrogen (secondary N) is 2. The highest BCUT2D eigenvalue weighted by Gasteiger charge is 2.19. The molecule has 0 aliphatic rings. The Balaban J connectivity index is 1.40. The van der Waals surface area contributed by atoms with Gasteiger partial charge < -0.3 is 15.2 Å². The summed E-state index contributed by atoms with van der Waals surface area (Å²) in [6, 6.07) is 21.8. The highest BCUT2D eigenvalue weighted by atomic mass is 32.2. The summed E-state index contributed by atoms with van der Waals surface area (Å²) in [5, 5.41) is 6.69. The van der Waals surface area contributed by atoms with Crippen LogP contribution < -0.4 is 10.6 Å². The van der Waals surface area contributed by atoms with Gasteiger partial charge in [0.15, 0.2) is 5.16 Å². The van der Waals surface area contributed by atoms with Crippen molar-refractivity contribution in [1.29, 1.82) is 0 Å². The summed E-state index contributed by atoms with van der Waals surface area (Å²) in [5.74, 6) is -0.118. The molecule has 0 unspecified atom stereocenters. The number of carbonyl (C=O) groups is 2. The third kappa shape index (κ3) is 5.87. The molecule has 7 nitrogen and oxygen atoms in total. The predicted octanol–water partition coefficient (Wildman–Crippen LogP) is 4.07. The fraction of sp³-hybridized carbons (Fsp3) is 0.120. The predicted molar refractivity (Wildman–Crippen MR) is 129 cm³/mol. The van der Waals surface area contributed by atoms with Crippen molar-refractivity contribution in [1.82, 2.24) is 19.9 Å². The van der Waals surface area contributed by atoms with Gasteiger partial charge in [-0.1, -0.05) is 48.2 Å². The second-order valence-electron chi connectivity index (χ2n) is 7.31. The van der Waals surface area contributed by atoms with Gasteiger partial charge in [0.05, 0.1) is 17.5 Å². The Bertz CT molecular complexity index is 1170. The van der Waals surface area contributed by atoms with E-state index in [1.165, 1.54) is 11.8 Å². The van der Waals surface area contributed by atoms with Crippen LogP contribution in [0.15, 0.2) is 96.5 Å². The number of nitrogens with zero attached hydrogens (tertiary/aromatic N) is 3. The zero-order valence-corrected chi connectivity index (χ0v) is 18.8. The van der Waals surface area contributed by atoms with Crippen LogP contribution in [0.2, 0.25) is 0 Å². The molecule has 4 aromatic rings. The van der Waals surface area contributed by atoms with Gasteiger partial charge in [-0.15, -0.1) is 0 Å². The van der Waals surface area contributed by atoms with E-state index < -0.39 is 0 Å². The molecular formula is C25H23N5O2S. The highest BCUT2D eigenvalue weighted by Crippen LogP contribution is 2.21. The molecule has 0 aliphatic heterocycles. The lowest BCUT2D eigenvalue weighted by atomic mass is 10.0. The van der Waals surface area contributed by atoms with E-state index in [2.05, 4.69) is 20.6 Å². The monoisotopic (exact) mass is 457 g/mol. The molecule has 0 saturated carbocycles. The Hall–Kier alpha value is -3.91. The number of rotatable bonds is 8. The molecule has 0 radical (unpaired) electrons. The van der Waals surface area contributed by atoms with Gasteiger partial charge in [-0.3, -0.25) is 14.6 Å². The number of hydrogen-bond acceptors (Lipinski definition) is 5. The molecule has 0 bridgehead atoms. The van der Waals surface area contributed by atoms with Crippen LogP contribution in [0.3, 0.4) is 0 Å². The molecule has 33 heavy (non-hydrogen) atoms. The van der Waals surface area contributed by atoms with E-state index in [0.717, 1.165) is 16.4 Å². The molecule has 0 saturated heterocycles. The summed E-state index contributed by atoms with van der Waals surface area (Å²) in [6.45, 7) is 0. The van der Waals surface area contributed by atoms with Gasteiger partial charge in [0, 0.05) is 36.9 Å². The third-order valence-electron chi connectivity index (χ3n) is 4.93. The fourth-order valence-corrected chi connectivity index (χ4v) is 3.99. The minimum Gasteiger partial charge on any atom is -0.340 e. The number of aromatic nitrogens is 3. The molecule has 2 heterocycles. The quantitative estimate of drug-likeness (QED) is 0.390. The van der Waals surface area contributed by atoms with Crippen LogP contribution in [0.25, 0.3) is 0 Å². The summed E-state index contributed by atoms with van der Waals surface area (Å²) in [6.07, 6.45) is 5.24. The van der Waals surface area contributed by atoms with E-state index in [1.54, 1.807) is 36.7 Å². The summed E-state index contributed by atoms with van der Waals surface area (Å²) >= 11 is 1.36. The van der Waals surface area contributed by atoms with Crippen LogP contribution in [0.1, 0.15) is 27.7 Å². The van der Waals surface area contributed by atoms with Gasteiger partial charge in [0.1, 0.15) is 0 Å². The molecule has 2 N–H and O–H groups in total. The molecule has 1 atom stereocenters. The molecule has 2 aromatic carbocycles. The summed E-state index contributed by atoms with van der Waals surface area (Å²) in [7, 11) is 1.88. The van der Waals surface area contributed by atoms with Crippen molar-refractivity contribution in [3.05, 3.63) is 108 Å². The number of carbonyl (C=O) groups excluding carboxylic acids is 2. The standard InChI is InChI=1S/C25H23N5O2S/c1-30-16-15-27-25(30)33-17-22(31)28-20-12-10-19(11-13-20)24(32)29-23(18-7-3-2-4-8-18)21-9-5-6-14-26-21/h2-16,23H,17H2,1H3,(H,28,31)(H,29,32)/t23-/m1/s1. The summed E-state index contributed by atoms with van der Waals surface area (Å²) < 4.78 is 1.86. The maximum absolute atomic E-state index is 13.0. The molecule has 2 aromatic heterocycles. The van der Waals surface area contributed by atoms with E-state index in [1.807, 2.05) is 66.3 Å². The zero-order chi connectivity index (χ0) is 23.0. The van der Waals surface area contributed by atoms with E-state index in [0.29, 0.717) is 11.3 Å². The van der Waals surface area contributed by atoms with Crippen molar-refractivity contribution in [2.24, 2.45) is 7.05 Å². The lowest BCUT2D eigenvalue weighted by Gasteiger charge is -2.19. The van der Waals surface area contributed by atoms with Gasteiger partial charge in [-0.05, 0) is 42.0 Å². The Morgan fingerprint density at radius 3 is 2.36 bits per heavy atom. The molecule has 166 valence electrons. The zero-order valence-electron chi connectivity index (χ0n) is 18.0. The maximum Gasteiger partial charge on any atom is 0.252 e. The Labute approximate surface area is 196 Å². The Kier molecular flexibility index (Phi) is 7.16. The molecular weight excluding hydrogens is 434 g/mol. The van der Waals surface area contributed by atoms with Crippen LogP contribution >= 0.6 is 11.8 Å². The van der Waals surface area contributed by atoms with Crippen molar-refractivity contribution in [3.8, 4) is 0 Å². The average Bonchev–Trinajstić information content (AvgIpc) is 3.27. The van der Waals surface area contributed by atoms with E-state index in [-0.39, 0.29) is 23.6 Å². The second-order valence-corrected chi connectivity index (χ2v) is 8.25. The Morgan fingerprint density at radius 2 is 1.70 bits per heavy atom. The van der Waals surface area contributed by atoms with Crippen LogP contribution in [-0.4, -0.2) is 32.1 Å². The van der Waals surface area contributed by atoms with Crippen molar-refractivity contribution in [2.75, 3.05) is 11.1 Å². The van der Waals surface area contributed by atoms with Gasteiger partial charge in [0.2, 0.25) is 5.91 Å². The van der Waals surface area contributed by atoms with Crippen molar-refractivity contribution in [2.45, 2.75) is 11.2 Å². The topological polar surface area (TPSA) is 88.9 Å². The summed E-state index contributed by atoms with van der Waals surface area (Å²) in [5.41, 5.74) is 2.82. The summed E-state index contributed by atoms with van der Waals surface area (Å²) in [4.78, 5) is 33.8. The van der Waals surface area contributed by atoms with E-state index in [9.17, 15) is 9.59 Å². The SMILES string of the molecule is Cn1ccnc1SCC(=O)Nc1ccc(C(=O)N[C@H](c2ccccc2)c2ccccn2)cc1. The van der Waals surface area contributed by atoms with E-state index >= 15 is 0 Å².